The summed E-state index contributed by atoms with van der Waals surface area (Å²) in [6.45, 7) is 2.77. The highest BCUT2D eigenvalue weighted by Crippen LogP contribution is 2.34. The van der Waals surface area contributed by atoms with Crippen LogP contribution in [0.1, 0.15) is 11.3 Å². The van der Waals surface area contributed by atoms with Gasteiger partial charge in [-0.2, -0.15) is 0 Å². The summed E-state index contributed by atoms with van der Waals surface area (Å²) in [6, 6.07) is 11.8. The zero-order chi connectivity index (χ0) is 16.0. The van der Waals surface area contributed by atoms with E-state index in [1.54, 1.807) is 6.07 Å². The van der Waals surface area contributed by atoms with Crippen LogP contribution in [-0.2, 0) is 6.54 Å². The molecule has 0 N–H and O–H groups in total. The molecule has 0 unspecified atom stereocenters. The number of hydrogen-bond acceptors (Lipinski definition) is 3. The van der Waals surface area contributed by atoms with E-state index in [1.165, 1.54) is 6.07 Å². The Bertz CT molecular complexity index is 911. The summed E-state index contributed by atoms with van der Waals surface area (Å²) in [7, 11) is 0. The van der Waals surface area contributed by atoms with Crippen molar-refractivity contribution >= 4 is 16.6 Å². The maximum absolute atomic E-state index is 13.4. The third kappa shape index (κ3) is 2.38. The van der Waals surface area contributed by atoms with Gasteiger partial charge in [0.25, 0.3) is 0 Å². The van der Waals surface area contributed by atoms with Gasteiger partial charge in [-0.15, -0.1) is 0 Å². The molecule has 2 aromatic carbocycles. The minimum absolute atomic E-state index is 0.271. The number of pyridine rings is 1. The smallest absolute Gasteiger partial charge is 0.161 e. The summed E-state index contributed by atoms with van der Waals surface area (Å²) in [5.74, 6) is -0.938. The van der Waals surface area contributed by atoms with Crippen LogP contribution in [0.4, 0.5) is 14.5 Å². The summed E-state index contributed by atoms with van der Waals surface area (Å²) < 4.78 is 32.4. The molecule has 0 fully saturated rings. The predicted molar refractivity (Wildman–Crippen MR) is 84.5 cm³/mol. The van der Waals surface area contributed by atoms with Gasteiger partial charge in [0.2, 0.25) is 0 Å². The van der Waals surface area contributed by atoms with Crippen molar-refractivity contribution in [3.8, 4) is 5.75 Å². The van der Waals surface area contributed by atoms with E-state index in [-0.39, 0.29) is 6.73 Å². The highest BCUT2D eigenvalue weighted by atomic mass is 19.2. The molecule has 3 aromatic rings. The van der Waals surface area contributed by atoms with Gasteiger partial charge in [-0.05, 0) is 25.1 Å². The fourth-order valence-corrected chi connectivity index (χ4v) is 2.83. The largest absolute Gasteiger partial charge is 0.470 e. The number of benzene rings is 2. The van der Waals surface area contributed by atoms with Gasteiger partial charge >= 0.3 is 0 Å². The van der Waals surface area contributed by atoms with E-state index in [4.69, 9.17) is 4.74 Å². The van der Waals surface area contributed by atoms with Crippen LogP contribution < -0.4 is 9.64 Å². The fourth-order valence-electron chi connectivity index (χ4n) is 2.83. The molecule has 1 aliphatic rings. The molecule has 0 amide bonds. The Morgan fingerprint density at radius 1 is 1.04 bits per heavy atom. The molecule has 4 rings (SSSR count). The molecule has 5 heteroatoms. The monoisotopic (exact) mass is 312 g/mol. The summed E-state index contributed by atoms with van der Waals surface area (Å²) in [5.41, 5.74) is 3.34. The Hall–Kier alpha value is -2.69. The first-order valence-corrected chi connectivity index (χ1v) is 7.34. The number of halogens is 2. The van der Waals surface area contributed by atoms with Crippen LogP contribution in [0, 0.1) is 18.6 Å². The molecule has 0 bridgehead atoms. The van der Waals surface area contributed by atoms with Gasteiger partial charge in [0.05, 0.1) is 0 Å². The standard InChI is InChI=1S/C18H14F2N2O/c1-11-2-3-12-4-5-13-9-22(10-23-18(13)17(12)21-11)14-6-7-15(19)16(20)8-14/h2-8H,9-10H2,1H3. The molecule has 0 saturated carbocycles. The highest BCUT2D eigenvalue weighted by molar-refractivity contribution is 5.86. The van der Waals surface area contributed by atoms with Crippen LogP contribution in [-0.4, -0.2) is 11.7 Å². The van der Waals surface area contributed by atoms with Crippen molar-refractivity contribution in [2.45, 2.75) is 13.5 Å². The number of fused-ring (bicyclic) bond motifs is 3. The number of rotatable bonds is 1. The minimum Gasteiger partial charge on any atom is -0.470 e. The van der Waals surface area contributed by atoms with Crippen molar-refractivity contribution in [2.24, 2.45) is 0 Å². The van der Waals surface area contributed by atoms with Gasteiger partial charge in [0.1, 0.15) is 5.52 Å². The summed E-state index contributed by atoms with van der Waals surface area (Å²) in [4.78, 5) is 6.41. The molecule has 0 aliphatic carbocycles. The number of ether oxygens (including phenoxy) is 1. The SMILES string of the molecule is Cc1ccc2ccc3c(c2n1)OCN(c1ccc(F)c(F)c1)C3. The van der Waals surface area contributed by atoms with Gasteiger partial charge in [0, 0.05) is 34.9 Å². The van der Waals surface area contributed by atoms with Gasteiger partial charge in [0.15, 0.2) is 24.1 Å². The third-order valence-electron chi connectivity index (χ3n) is 4.03. The normalized spacial score (nSPS) is 13.8. The van der Waals surface area contributed by atoms with Gasteiger partial charge in [-0.1, -0.05) is 18.2 Å². The Labute approximate surface area is 132 Å². The lowest BCUT2D eigenvalue weighted by atomic mass is 10.1. The zero-order valence-electron chi connectivity index (χ0n) is 12.5. The number of aryl methyl sites for hydroxylation is 1. The van der Waals surface area contributed by atoms with Gasteiger partial charge in [-0.3, -0.25) is 0 Å². The number of anilines is 1. The van der Waals surface area contributed by atoms with Crippen molar-refractivity contribution in [3.63, 3.8) is 0 Å². The molecule has 0 saturated heterocycles. The van der Waals surface area contributed by atoms with Crippen LogP contribution in [0.25, 0.3) is 10.9 Å². The molecule has 0 spiro atoms. The Balaban J connectivity index is 1.73. The van der Waals surface area contributed by atoms with Gasteiger partial charge < -0.3 is 9.64 Å². The lowest BCUT2D eigenvalue weighted by Crippen LogP contribution is -2.32. The van der Waals surface area contributed by atoms with Crippen LogP contribution in [0.15, 0.2) is 42.5 Å². The second kappa shape index (κ2) is 5.19. The second-order valence-electron chi connectivity index (χ2n) is 5.65. The minimum atomic E-state index is -0.857. The molecular formula is C18H14F2N2O. The zero-order valence-corrected chi connectivity index (χ0v) is 12.5. The van der Waals surface area contributed by atoms with Crippen LogP contribution in [0.5, 0.6) is 5.75 Å². The van der Waals surface area contributed by atoms with Crippen molar-refractivity contribution in [3.05, 3.63) is 65.4 Å². The Kier molecular flexibility index (Phi) is 3.15. The van der Waals surface area contributed by atoms with Gasteiger partial charge in [-0.25, -0.2) is 13.8 Å². The number of nitrogens with zero attached hydrogens (tertiary/aromatic N) is 2. The van der Waals surface area contributed by atoms with E-state index >= 15 is 0 Å². The lowest BCUT2D eigenvalue weighted by molar-refractivity contribution is 0.292. The number of aromatic nitrogens is 1. The molecular weight excluding hydrogens is 298 g/mol. The average Bonchev–Trinajstić information content (AvgIpc) is 2.56. The average molecular weight is 312 g/mol. The molecule has 1 aromatic heterocycles. The molecule has 2 heterocycles. The molecule has 0 atom stereocenters. The van der Waals surface area contributed by atoms with Crippen molar-refractivity contribution < 1.29 is 13.5 Å². The Morgan fingerprint density at radius 3 is 2.70 bits per heavy atom. The maximum atomic E-state index is 13.4. The first-order valence-electron chi connectivity index (χ1n) is 7.34. The summed E-state index contributed by atoms with van der Waals surface area (Å²) in [5, 5.41) is 1.02. The summed E-state index contributed by atoms with van der Waals surface area (Å²) in [6.07, 6.45) is 0. The molecule has 116 valence electrons. The first-order chi connectivity index (χ1) is 11.1. The topological polar surface area (TPSA) is 25.4 Å². The van der Waals surface area contributed by atoms with Crippen molar-refractivity contribution in [1.82, 2.24) is 4.98 Å². The predicted octanol–water partition coefficient (Wildman–Crippen LogP) is 4.18. The molecule has 3 nitrogen and oxygen atoms in total. The van der Waals surface area contributed by atoms with Crippen LogP contribution >= 0.6 is 0 Å². The quantitative estimate of drug-likeness (QED) is 0.674. The van der Waals surface area contributed by atoms with E-state index in [9.17, 15) is 8.78 Å². The molecule has 23 heavy (non-hydrogen) atoms. The lowest BCUT2D eigenvalue weighted by Gasteiger charge is -2.31. The van der Waals surface area contributed by atoms with Crippen molar-refractivity contribution in [1.29, 1.82) is 0 Å². The van der Waals surface area contributed by atoms with E-state index in [0.717, 1.165) is 34.0 Å². The number of hydrogen-bond donors (Lipinski definition) is 0. The van der Waals surface area contributed by atoms with Crippen LogP contribution in [0.3, 0.4) is 0 Å². The van der Waals surface area contributed by atoms with Crippen LogP contribution in [0.2, 0.25) is 0 Å². The maximum Gasteiger partial charge on any atom is 0.161 e. The Morgan fingerprint density at radius 2 is 1.87 bits per heavy atom. The highest BCUT2D eigenvalue weighted by Gasteiger charge is 2.21. The van der Waals surface area contributed by atoms with Crippen molar-refractivity contribution in [2.75, 3.05) is 11.6 Å². The molecule has 0 radical (unpaired) electrons. The van der Waals surface area contributed by atoms with E-state index in [2.05, 4.69) is 4.98 Å². The third-order valence-corrected chi connectivity index (χ3v) is 4.03. The molecule has 1 aliphatic heterocycles. The second-order valence-corrected chi connectivity index (χ2v) is 5.65. The van der Waals surface area contributed by atoms with E-state index in [0.29, 0.717) is 12.2 Å². The van der Waals surface area contributed by atoms with E-state index < -0.39 is 11.6 Å². The summed E-state index contributed by atoms with van der Waals surface area (Å²) >= 11 is 0. The van der Waals surface area contributed by atoms with E-state index in [1.807, 2.05) is 36.1 Å². The first kappa shape index (κ1) is 13.9. The fraction of sp³-hybridized carbons (Fsp3) is 0.167.